The van der Waals surface area contributed by atoms with Gasteiger partial charge in [0.25, 0.3) is 0 Å². The molecule has 0 amide bonds. The molecule has 1 aromatic carbocycles. The van der Waals surface area contributed by atoms with Crippen molar-refractivity contribution < 1.29 is 34.0 Å². The molecule has 6 fully saturated rings. The standard InChI is InChI=1S/C30H42N2O7/c1-5-32-15-27(39-26(33)16-8-6-7-9-19(16)31)11-10-23(37-3)29-21(27)13-18(24(29)32)28(34)14-20(36-2)17-12-22(29)30(28,35)25(17)38-4/h6-9,17-18,20-25,34-35H,5,10-15,31H2,1-4H3/t17-,18-,20+,21+,22+,23+,24-,25+,27+,28-,29-,30-/m1/s1. The highest BCUT2D eigenvalue weighted by atomic mass is 16.6. The van der Waals surface area contributed by atoms with E-state index in [1.54, 1.807) is 39.5 Å². The van der Waals surface area contributed by atoms with Crippen LogP contribution < -0.4 is 5.73 Å². The summed E-state index contributed by atoms with van der Waals surface area (Å²) < 4.78 is 24.9. The Hall–Kier alpha value is -1.75. The number of hydrogen-bond donors (Lipinski definition) is 3. The van der Waals surface area contributed by atoms with Gasteiger partial charge in [0.2, 0.25) is 0 Å². The second-order valence-electron chi connectivity index (χ2n) is 13.0. The Labute approximate surface area is 229 Å². The summed E-state index contributed by atoms with van der Waals surface area (Å²) >= 11 is 0. The Morgan fingerprint density at radius 1 is 1.10 bits per heavy atom. The van der Waals surface area contributed by atoms with Crippen LogP contribution in [0.3, 0.4) is 0 Å². The molecule has 4 N–H and O–H groups in total. The van der Waals surface area contributed by atoms with Gasteiger partial charge in [0.05, 0.1) is 23.9 Å². The van der Waals surface area contributed by atoms with Crippen molar-refractivity contribution >= 4 is 11.7 Å². The number of carbonyl (C=O) groups is 1. The largest absolute Gasteiger partial charge is 0.454 e. The fraction of sp³-hybridized carbons (Fsp3) is 0.767. The Kier molecular flexibility index (Phi) is 5.63. The number of likely N-dealkylation sites (N-methyl/N-ethyl adjacent to an activating group) is 1. The highest BCUT2D eigenvalue weighted by molar-refractivity contribution is 5.95. The summed E-state index contributed by atoms with van der Waals surface area (Å²) in [4.78, 5) is 16.1. The summed E-state index contributed by atoms with van der Waals surface area (Å²) in [5, 5.41) is 25.6. The number of aliphatic hydroxyl groups is 2. The predicted octanol–water partition coefficient (Wildman–Crippen LogP) is 1.85. The number of ether oxygens (including phenoxy) is 4. The first-order valence-electron chi connectivity index (χ1n) is 14.5. The van der Waals surface area contributed by atoms with Gasteiger partial charge in [-0.05, 0) is 44.4 Å². The number of hydrogen-bond acceptors (Lipinski definition) is 9. The summed E-state index contributed by atoms with van der Waals surface area (Å²) in [7, 11) is 5.09. The molecule has 1 aromatic rings. The minimum atomic E-state index is -1.44. The molecule has 39 heavy (non-hydrogen) atoms. The van der Waals surface area contributed by atoms with Crippen molar-refractivity contribution in [2.75, 3.05) is 40.2 Å². The molecule has 5 aliphatic carbocycles. The Morgan fingerprint density at radius 3 is 2.54 bits per heavy atom. The molecule has 6 aliphatic rings. The average molecular weight is 543 g/mol. The van der Waals surface area contributed by atoms with E-state index in [2.05, 4.69) is 11.8 Å². The molecule has 1 saturated heterocycles. The smallest absolute Gasteiger partial charge is 0.340 e. The second-order valence-corrected chi connectivity index (χ2v) is 13.0. The van der Waals surface area contributed by atoms with Crippen LogP contribution in [-0.4, -0.2) is 96.7 Å². The number of nitrogens with two attached hydrogens (primary N) is 1. The first-order chi connectivity index (χ1) is 18.7. The molecule has 5 saturated carbocycles. The molecule has 1 aliphatic heterocycles. The van der Waals surface area contributed by atoms with Crippen LogP contribution in [0.2, 0.25) is 0 Å². The Bertz CT molecular complexity index is 1180. The monoisotopic (exact) mass is 542 g/mol. The molecule has 7 bridgehead atoms. The Morgan fingerprint density at radius 2 is 1.87 bits per heavy atom. The van der Waals surface area contributed by atoms with Crippen molar-refractivity contribution in [2.24, 2.45) is 29.1 Å². The lowest BCUT2D eigenvalue weighted by molar-refractivity contribution is -0.337. The molecule has 9 nitrogen and oxygen atoms in total. The summed E-state index contributed by atoms with van der Waals surface area (Å²) in [6.07, 6.45) is 2.17. The van der Waals surface area contributed by atoms with E-state index in [0.29, 0.717) is 49.9 Å². The summed E-state index contributed by atoms with van der Waals surface area (Å²) in [6, 6.07) is 7.04. The fourth-order valence-corrected chi connectivity index (χ4v) is 11.3. The minimum absolute atomic E-state index is 0.00601. The number of rotatable bonds is 6. The number of methoxy groups -OCH3 is 3. The van der Waals surface area contributed by atoms with Crippen molar-refractivity contribution in [1.29, 1.82) is 0 Å². The van der Waals surface area contributed by atoms with E-state index in [-0.39, 0.29) is 41.9 Å². The SMILES string of the molecule is CCN1C[C@@]2(OC(=O)c3ccccc3N)CC[C@H](OC)[C@@]34[C@H]1[C@@H](C[C@@H]23)[C@]1(O)C[C@H](OC)[C@H]2C[C@@H]4[C@@]1(O)[C@H]2OC. The number of fused-ring (bicyclic) bond motifs is 2. The van der Waals surface area contributed by atoms with Crippen molar-refractivity contribution in [3.8, 4) is 0 Å². The van der Waals surface area contributed by atoms with Gasteiger partial charge in [-0.3, -0.25) is 4.90 Å². The molecular weight excluding hydrogens is 500 g/mol. The maximum Gasteiger partial charge on any atom is 0.340 e. The van der Waals surface area contributed by atoms with E-state index in [9.17, 15) is 15.0 Å². The van der Waals surface area contributed by atoms with Gasteiger partial charge in [0, 0.05) is 75.1 Å². The zero-order chi connectivity index (χ0) is 27.5. The summed E-state index contributed by atoms with van der Waals surface area (Å²) in [6.45, 7) is 3.47. The quantitative estimate of drug-likeness (QED) is 0.365. The highest BCUT2D eigenvalue weighted by Gasteiger charge is 2.89. The summed E-state index contributed by atoms with van der Waals surface area (Å²) in [5.74, 6) is -1.06. The normalized spacial score (nSPS) is 51.1. The van der Waals surface area contributed by atoms with Gasteiger partial charge in [-0.25, -0.2) is 4.79 Å². The van der Waals surface area contributed by atoms with Crippen LogP contribution in [0.4, 0.5) is 5.69 Å². The summed E-state index contributed by atoms with van der Waals surface area (Å²) in [5.41, 5.74) is 2.84. The lowest BCUT2D eigenvalue weighted by Crippen LogP contribution is -2.83. The Balaban J connectivity index is 1.42. The van der Waals surface area contributed by atoms with E-state index < -0.39 is 34.3 Å². The number of carbonyl (C=O) groups excluding carboxylic acids is 1. The van der Waals surface area contributed by atoms with Crippen LogP contribution in [0, 0.1) is 29.1 Å². The number of benzene rings is 1. The van der Waals surface area contributed by atoms with Gasteiger partial charge in [-0.15, -0.1) is 0 Å². The molecule has 1 heterocycles. The van der Waals surface area contributed by atoms with Crippen LogP contribution in [0.15, 0.2) is 24.3 Å². The van der Waals surface area contributed by atoms with Gasteiger partial charge in [-0.2, -0.15) is 0 Å². The first-order valence-corrected chi connectivity index (χ1v) is 14.5. The lowest BCUT2D eigenvalue weighted by atomic mass is 9.44. The lowest BCUT2D eigenvalue weighted by Gasteiger charge is -2.70. The molecule has 0 unspecified atom stereocenters. The van der Waals surface area contributed by atoms with E-state index in [0.717, 1.165) is 6.54 Å². The highest BCUT2D eigenvalue weighted by Crippen LogP contribution is 2.79. The average Bonchev–Trinajstić information content (AvgIpc) is 3.35. The van der Waals surface area contributed by atoms with Gasteiger partial charge >= 0.3 is 5.97 Å². The third-order valence-corrected chi connectivity index (χ3v) is 12.4. The molecule has 214 valence electrons. The fourth-order valence-electron chi connectivity index (χ4n) is 11.3. The van der Waals surface area contributed by atoms with Crippen LogP contribution in [0.5, 0.6) is 0 Å². The number of likely N-dealkylation sites (tertiary alicyclic amines) is 1. The van der Waals surface area contributed by atoms with Crippen LogP contribution in [0.25, 0.3) is 0 Å². The van der Waals surface area contributed by atoms with Crippen molar-refractivity contribution in [3.63, 3.8) is 0 Å². The molecular formula is C30H42N2O7. The van der Waals surface area contributed by atoms with Gasteiger partial charge < -0.3 is 34.9 Å². The van der Waals surface area contributed by atoms with Crippen molar-refractivity contribution in [1.82, 2.24) is 4.90 Å². The first kappa shape index (κ1) is 26.2. The van der Waals surface area contributed by atoms with Gasteiger partial charge in [-0.1, -0.05) is 19.1 Å². The van der Waals surface area contributed by atoms with E-state index >= 15 is 0 Å². The molecule has 0 radical (unpaired) electrons. The van der Waals surface area contributed by atoms with Crippen LogP contribution in [0.1, 0.15) is 49.4 Å². The van der Waals surface area contributed by atoms with Crippen LogP contribution >= 0.6 is 0 Å². The number of anilines is 1. The van der Waals surface area contributed by atoms with Crippen molar-refractivity contribution in [3.05, 3.63) is 29.8 Å². The number of nitrogen functional groups attached to an aromatic ring is 1. The molecule has 0 aromatic heterocycles. The number of nitrogens with zero attached hydrogens (tertiary/aromatic N) is 1. The third kappa shape index (κ3) is 2.80. The molecule has 1 spiro atoms. The number of esters is 1. The molecule has 7 rings (SSSR count). The predicted molar refractivity (Wildman–Crippen MR) is 142 cm³/mol. The topological polar surface area (TPSA) is 124 Å². The second kappa shape index (κ2) is 8.39. The minimum Gasteiger partial charge on any atom is -0.454 e. The van der Waals surface area contributed by atoms with Gasteiger partial charge in [0.1, 0.15) is 16.8 Å². The molecule has 9 heteroatoms. The van der Waals surface area contributed by atoms with E-state index in [1.165, 1.54) is 0 Å². The molecule has 12 atom stereocenters. The number of piperidine rings is 1. The van der Waals surface area contributed by atoms with E-state index in [4.69, 9.17) is 24.7 Å². The number of para-hydroxylation sites is 1. The van der Waals surface area contributed by atoms with Crippen LogP contribution in [-0.2, 0) is 18.9 Å². The van der Waals surface area contributed by atoms with Crippen molar-refractivity contribution in [2.45, 2.75) is 80.2 Å². The maximum absolute atomic E-state index is 13.7. The van der Waals surface area contributed by atoms with E-state index in [1.807, 2.05) is 6.07 Å². The zero-order valence-corrected chi connectivity index (χ0v) is 23.3. The maximum atomic E-state index is 13.7. The zero-order valence-electron chi connectivity index (χ0n) is 23.3. The third-order valence-electron chi connectivity index (χ3n) is 12.4. The van der Waals surface area contributed by atoms with Gasteiger partial charge in [0.15, 0.2) is 0 Å².